The Morgan fingerprint density at radius 3 is 2.30 bits per heavy atom. The van der Waals surface area contributed by atoms with Crippen molar-refractivity contribution in [2.45, 2.75) is 58.6 Å². The van der Waals surface area contributed by atoms with E-state index in [0.717, 1.165) is 18.5 Å². The maximum absolute atomic E-state index is 12.9. The van der Waals surface area contributed by atoms with Gasteiger partial charge in [-0.1, -0.05) is 52.2 Å². The largest absolute Gasteiger partial charge is 0.387 e. The maximum Gasteiger partial charge on any atom is 0.123 e. The maximum atomic E-state index is 12.9. The highest BCUT2D eigenvalue weighted by Crippen LogP contribution is 2.22. The van der Waals surface area contributed by atoms with E-state index in [4.69, 9.17) is 0 Å². The smallest absolute Gasteiger partial charge is 0.123 e. The van der Waals surface area contributed by atoms with E-state index in [0.29, 0.717) is 5.92 Å². The van der Waals surface area contributed by atoms with Crippen molar-refractivity contribution in [3.8, 4) is 0 Å². The molecule has 2 N–H and O–H groups in total. The molecular formula is C17H28FNO. The molecule has 0 saturated heterocycles. The number of nitrogens with one attached hydrogen (secondary N) is 1. The molecule has 114 valence electrons. The average molecular weight is 281 g/mol. The molecule has 2 nitrogen and oxygen atoms in total. The van der Waals surface area contributed by atoms with Crippen molar-refractivity contribution in [2.75, 3.05) is 6.54 Å². The molecule has 20 heavy (non-hydrogen) atoms. The van der Waals surface area contributed by atoms with Crippen molar-refractivity contribution in [1.82, 2.24) is 5.32 Å². The van der Waals surface area contributed by atoms with Crippen LogP contribution in [-0.2, 0) is 0 Å². The predicted molar refractivity (Wildman–Crippen MR) is 82.1 cm³/mol. The molecule has 0 aliphatic rings. The van der Waals surface area contributed by atoms with Crippen LogP contribution in [0.3, 0.4) is 0 Å². The lowest BCUT2D eigenvalue weighted by Gasteiger charge is -2.28. The fourth-order valence-electron chi connectivity index (χ4n) is 2.40. The molecule has 0 heterocycles. The summed E-state index contributed by atoms with van der Waals surface area (Å²) in [5, 5.41) is 13.9. The van der Waals surface area contributed by atoms with Gasteiger partial charge in [-0.15, -0.1) is 0 Å². The van der Waals surface area contributed by atoms with Gasteiger partial charge in [0.2, 0.25) is 0 Å². The highest BCUT2D eigenvalue weighted by molar-refractivity contribution is 5.20. The summed E-state index contributed by atoms with van der Waals surface area (Å²) in [4.78, 5) is 0. The minimum Gasteiger partial charge on any atom is -0.387 e. The molecule has 0 fully saturated rings. The molecule has 3 heteroatoms. The summed E-state index contributed by atoms with van der Waals surface area (Å²) < 4.78 is 12.9. The number of hydrogen-bond acceptors (Lipinski definition) is 2. The Balaban J connectivity index is 2.54. The van der Waals surface area contributed by atoms with Crippen LogP contribution < -0.4 is 5.32 Å². The highest BCUT2D eigenvalue weighted by atomic mass is 19.1. The third kappa shape index (κ3) is 5.59. The summed E-state index contributed by atoms with van der Waals surface area (Å²) in [6.07, 6.45) is 4.25. The number of halogens is 1. The van der Waals surface area contributed by atoms with Crippen LogP contribution in [0, 0.1) is 11.7 Å². The Kier molecular flexibility index (Phi) is 7.78. The Morgan fingerprint density at radius 1 is 1.10 bits per heavy atom. The second-order valence-electron chi connectivity index (χ2n) is 5.78. The zero-order valence-corrected chi connectivity index (χ0v) is 12.9. The molecule has 2 unspecified atom stereocenters. The first-order valence-electron chi connectivity index (χ1n) is 7.73. The highest BCUT2D eigenvalue weighted by Gasteiger charge is 2.23. The molecule has 1 aromatic carbocycles. The number of rotatable bonds is 9. The Labute approximate surface area is 122 Å². The molecular weight excluding hydrogens is 253 g/mol. The third-order valence-electron chi connectivity index (χ3n) is 3.68. The fourth-order valence-corrected chi connectivity index (χ4v) is 2.40. The first-order chi connectivity index (χ1) is 9.56. The van der Waals surface area contributed by atoms with Crippen LogP contribution in [0.25, 0.3) is 0 Å². The van der Waals surface area contributed by atoms with E-state index in [1.807, 2.05) is 0 Å². The molecule has 0 aromatic heterocycles. The Hall–Kier alpha value is -0.930. The topological polar surface area (TPSA) is 32.3 Å². The molecule has 2 atom stereocenters. The first kappa shape index (κ1) is 17.1. The number of aliphatic hydroxyl groups excluding tert-OH is 1. The van der Waals surface area contributed by atoms with Crippen molar-refractivity contribution in [3.05, 3.63) is 35.6 Å². The first-order valence-corrected chi connectivity index (χ1v) is 7.73. The lowest BCUT2D eigenvalue weighted by molar-refractivity contribution is 0.105. The summed E-state index contributed by atoms with van der Waals surface area (Å²) in [5.74, 6) is 0.0517. The molecule has 0 aliphatic heterocycles. The summed E-state index contributed by atoms with van der Waals surface area (Å²) >= 11 is 0. The van der Waals surface area contributed by atoms with Crippen molar-refractivity contribution < 1.29 is 9.50 Å². The standard InChI is InChI=1S/C17H28FNO/c1-4-5-6-7-12-19-16(13(2)3)17(20)14-8-10-15(18)11-9-14/h8-11,13,16-17,19-20H,4-7,12H2,1-3H3. The second kappa shape index (κ2) is 9.09. The fraction of sp³-hybridized carbons (Fsp3) is 0.647. The van der Waals surface area contributed by atoms with Gasteiger partial charge in [0.05, 0.1) is 6.10 Å². The summed E-state index contributed by atoms with van der Waals surface area (Å²) in [6, 6.07) is 6.12. The van der Waals surface area contributed by atoms with Gasteiger partial charge in [-0.05, 0) is 36.6 Å². The van der Waals surface area contributed by atoms with Gasteiger partial charge in [0.25, 0.3) is 0 Å². The SMILES string of the molecule is CCCCCCNC(C(C)C)C(O)c1ccc(F)cc1. The lowest BCUT2D eigenvalue weighted by Crippen LogP contribution is -2.39. The van der Waals surface area contributed by atoms with Gasteiger partial charge in [-0.2, -0.15) is 0 Å². The van der Waals surface area contributed by atoms with E-state index >= 15 is 0 Å². The third-order valence-corrected chi connectivity index (χ3v) is 3.68. The van der Waals surface area contributed by atoms with E-state index in [-0.39, 0.29) is 11.9 Å². The number of unbranched alkanes of at least 4 members (excludes halogenated alkanes) is 3. The minimum atomic E-state index is -0.596. The number of hydrogen-bond donors (Lipinski definition) is 2. The van der Waals surface area contributed by atoms with E-state index in [1.165, 1.54) is 31.4 Å². The van der Waals surface area contributed by atoms with Crippen LogP contribution in [0.2, 0.25) is 0 Å². The van der Waals surface area contributed by atoms with Gasteiger partial charge in [0, 0.05) is 6.04 Å². The van der Waals surface area contributed by atoms with Gasteiger partial charge in [-0.25, -0.2) is 4.39 Å². The predicted octanol–water partition coefficient (Wildman–Crippen LogP) is 4.05. The number of aliphatic hydroxyl groups is 1. The van der Waals surface area contributed by atoms with Crippen LogP contribution in [0.15, 0.2) is 24.3 Å². The molecule has 0 saturated carbocycles. The van der Waals surface area contributed by atoms with Crippen molar-refractivity contribution >= 4 is 0 Å². The van der Waals surface area contributed by atoms with Crippen molar-refractivity contribution in [1.29, 1.82) is 0 Å². The van der Waals surface area contributed by atoms with E-state index in [1.54, 1.807) is 12.1 Å². The van der Waals surface area contributed by atoms with Crippen LogP contribution in [0.1, 0.15) is 58.1 Å². The molecule has 0 bridgehead atoms. The van der Waals surface area contributed by atoms with E-state index in [2.05, 4.69) is 26.1 Å². The summed E-state index contributed by atoms with van der Waals surface area (Å²) in [7, 11) is 0. The van der Waals surface area contributed by atoms with Gasteiger partial charge < -0.3 is 10.4 Å². The van der Waals surface area contributed by atoms with Crippen LogP contribution in [-0.4, -0.2) is 17.7 Å². The average Bonchev–Trinajstić information content (AvgIpc) is 2.42. The molecule has 0 spiro atoms. The van der Waals surface area contributed by atoms with Crippen molar-refractivity contribution in [2.24, 2.45) is 5.92 Å². The Bertz CT molecular complexity index is 364. The van der Waals surface area contributed by atoms with E-state index < -0.39 is 6.10 Å². The molecule has 1 aromatic rings. The Morgan fingerprint density at radius 2 is 1.75 bits per heavy atom. The monoisotopic (exact) mass is 281 g/mol. The zero-order chi connectivity index (χ0) is 15.0. The normalized spacial score (nSPS) is 14.5. The lowest BCUT2D eigenvalue weighted by atomic mass is 9.93. The summed E-state index contributed by atoms with van der Waals surface area (Å²) in [6.45, 7) is 7.30. The minimum absolute atomic E-state index is 0.00193. The zero-order valence-electron chi connectivity index (χ0n) is 12.9. The molecule has 0 amide bonds. The quantitative estimate of drug-likeness (QED) is 0.669. The molecule has 0 radical (unpaired) electrons. The number of benzene rings is 1. The van der Waals surface area contributed by atoms with Gasteiger partial charge >= 0.3 is 0 Å². The van der Waals surface area contributed by atoms with Gasteiger partial charge in [0.15, 0.2) is 0 Å². The molecule has 1 rings (SSSR count). The van der Waals surface area contributed by atoms with Gasteiger partial charge in [0.1, 0.15) is 5.82 Å². The van der Waals surface area contributed by atoms with Crippen LogP contribution in [0.5, 0.6) is 0 Å². The van der Waals surface area contributed by atoms with Gasteiger partial charge in [-0.3, -0.25) is 0 Å². The second-order valence-corrected chi connectivity index (χ2v) is 5.78. The van der Waals surface area contributed by atoms with Crippen LogP contribution >= 0.6 is 0 Å². The molecule has 0 aliphatic carbocycles. The van der Waals surface area contributed by atoms with E-state index in [9.17, 15) is 9.50 Å². The summed E-state index contributed by atoms with van der Waals surface area (Å²) in [5.41, 5.74) is 0.770. The van der Waals surface area contributed by atoms with Crippen molar-refractivity contribution in [3.63, 3.8) is 0 Å². The van der Waals surface area contributed by atoms with Crippen LogP contribution in [0.4, 0.5) is 4.39 Å².